The zero-order chi connectivity index (χ0) is 19.7. The summed E-state index contributed by atoms with van der Waals surface area (Å²) in [5.41, 5.74) is 1.51. The largest absolute Gasteiger partial charge is 0.493 e. The predicted octanol–water partition coefficient (Wildman–Crippen LogP) is 3.35. The van der Waals surface area contributed by atoms with Gasteiger partial charge >= 0.3 is 5.69 Å². The predicted molar refractivity (Wildman–Crippen MR) is 96.5 cm³/mol. The van der Waals surface area contributed by atoms with E-state index >= 15 is 0 Å². The molecule has 8 nitrogen and oxygen atoms in total. The van der Waals surface area contributed by atoms with Gasteiger partial charge in [0.25, 0.3) is 0 Å². The smallest absolute Gasteiger partial charge is 0.352 e. The summed E-state index contributed by atoms with van der Waals surface area (Å²) in [6.45, 7) is 0. The average molecular weight is 373 g/mol. The minimum absolute atomic E-state index is 0.0727. The van der Waals surface area contributed by atoms with Crippen LogP contribution in [0.5, 0.6) is 23.0 Å². The average Bonchev–Trinajstić information content (AvgIpc) is 3.00. The van der Waals surface area contributed by atoms with Gasteiger partial charge in [0.2, 0.25) is 11.5 Å². The molecule has 1 atom stereocenters. The van der Waals surface area contributed by atoms with E-state index in [1.807, 2.05) is 0 Å². The van der Waals surface area contributed by atoms with Crippen LogP contribution < -0.4 is 18.9 Å². The van der Waals surface area contributed by atoms with Crippen molar-refractivity contribution in [1.82, 2.24) is 0 Å². The van der Waals surface area contributed by atoms with E-state index in [1.54, 1.807) is 18.2 Å². The Morgan fingerprint density at radius 1 is 0.926 bits per heavy atom. The molecule has 0 bridgehead atoms. The Kier molecular flexibility index (Phi) is 4.89. The van der Waals surface area contributed by atoms with E-state index in [9.17, 15) is 14.9 Å². The molecule has 0 saturated heterocycles. The van der Waals surface area contributed by atoms with Crippen molar-refractivity contribution in [3.8, 4) is 23.0 Å². The van der Waals surface area contributed by atoms with Gasteiger partial charge in [-0.2, -0.15) is 0 Å². The maximum atomic E-state index is 12.6. The van der Waals surface area contributed by atoms with Crippen LogP contribution in [0.2, 0.25) is 0 Å². The van der Waals surface area contributed by atoms with Crippen molar-refractivity contribution in [2.45, 2.75) is 12.3 Å². The number of rotatable bonds is 6. The minimum Gasteiger partial charge on any atom is -0.493 e. The number of carbonyl (C=O) groups is 1. The molecule has 0 N–H and O–H groups in total. The van der Waals surface area contributed by atoms with Crippen LogP contribution in [0.3, 0.4) is 0 Å². The molecule has 2 aromatic carbocycles. The molecule has 1 aliphatic rings. The molecule has 1 aliphatic carbocycles. The number of hydrogen-bond acceptors (Lipinski definition) is 7. The first-order valence-electron chi connectivity index (χ1n) is 8.15. The van der Waals surface area contributed by atoms with Crippen molar-refractivity contribution >= 4 is 11.5 Å². The Hall–Kier alpha value is -3.29. The van der Waals surface area contributed by atoms with Gasteiger partial charge in [0.15, 0.2) is 17.3 Å². The van der Waals surface area contributed by atoms with E-state index in [0.29, 0.717) is 22.6 Å². The van der Waals surface area contributed by atoms with Crippen molar-refractivity contribution in [1.29, 1.82) is 0 Å². The molecular formula is C19H19NO7. The van der Waals surface area contributed by atoms with Gasteiger partial charge in [-0.05, 0) is 23.8 Å². The molecule has 8 heteroatoms. The van der Waals surface area contributed by atoms with E-state index in [2.05, 4.69) is 0 Å². The maximum absolute atomic E-state index is 12.6. The number of ketones is 1. The van der Waals surface area contributed by atoms with E-state index in [1.165, 1.54) is 34.5 Å². The summed E-state index contributed by atoms with van der Waals surface area (Å²) in [6.07, 6.45) is 0.172. The van der Waals surface area contributed by atoms with Crippen molar-refractivity contribution < 1.29 is 28.7 Å². The van der Waals surface area contributed by atoms with E-state index in [-0.39, 0.29) is 29.4 Å². The third kappa shape index (κ3) is 2.92. The molecule has 0 spiro atoms. The first-order chi connectivity index (χ1) is 13.0. The van der Waals surface area contributed by atoms with Gasteiger partial charge in [0, 0.05) is 23.5 Å². The Balaban J connectivity index is 2.22. The first kappa shape index (κ1) is 18.5. The van der Waals surface area contributed by atoms with Crippen LogP contribution in [0, 0.1) is 10.1 Å². The number of Topliss-reactive ketones (excluding diaryl/α,β-unsaturated/α-hetero) is 1. The fraction of sp³-hybridized carbons (Fsp3) is 0.316. The van der Waals surface area contributed by atoms with Crippen LogP contribution in [0.15, 0.2) is 24.3 Å². The molecule has 0 fully saturated rings. The van der Waals surface area contributed by atoms with E-state index in [0.717, 1.165) is 5.56 Å². The zero-order valence-corrected chi connectivity index (χ0v) is 15.4. The SMILES string of the molecule is COc1cc2c(cc1OC)C(c1ccc(OC)c([N+](=O)[O-])c1OC)CC2=O. The lowest BCUT2D eigenvalue weighted by molar-refractivity contribution is -0.386. The molecule has 0 radical (unpaired) electrons. The Morgan fingerprint density at radius 2 is 1.56 bits per heavy atom. The van der Waals surface area contributed by atoms with E-state index in [4.69, 9.17) is 18.9 Å². The Morgan fingerprint density at radius 3 is 2.11 bits per heavy atom. The number of nitro benzene ring substituents is 1. The number of nitrogens with zero attached hydrogens (tertiary/aromatic N) is 1. The first-order valence-corrected chi connectivity index (χ1v) is 8.15. The molecule has 2 aromatic rings. The van der Waals surface area contributed by atoms with Gasteiger partial charge in [0.05, 0.1) is 33.4 Å². The highest BCUT2D eigenvalue weighted by Gasteiger charge is 2.37. The lowest BCUT2D eigenvalue weighted by atomic mass is 9.91. The summed E-state index contributed by atoms with van der Waals surface area (Å²) in [6, 6.07) is 6.58. The molecule has 0 saturated carbocycles. The summed E-state index contributed by atoms with van der Waals surface area (Å²) in [7, 11) is 5.72. The number of methoxy groups -OCH3 is 4. The molecule has 0 amide bonds. The van der Waals surface area contributed by atoms with Crippen LogP contribution in [0.1, 0.15) is 33.8 Å². The van der Waals surface area contributed by atoms with Gasteiger partial charge in [-0.15, -0.1) is 0 Å². The van der Waals surface area contributed by atoms with Crippen molar-refractivity contribution in [2.24, 2.45) is 0 Å². The molecular weight excluding hydrogens is 354 g/mol. The van der Waals surface area contributed by atoms with Crippen molar-refractivity contribution in [2.75, 3.05) is 28.4 Å². The molecule has 1 unspecified atom stereocenters. The second-order valence-corrected chi connectivity index (χ2v) is 5.97. The number of hydrogen-bond donors (Lipinski definition) is 0. The lowest BCUT2D eigenvalue weighted by Gasteiger charge is -2.18. The van der Waals surface area contributed by atoms with Gasteiger partial charge < -0.3 is 18.9 Å². The molecule has 27 heavy (non-hydrogen) atoms. The summed E-state index contributed by atoms with van der Waals surface area (Å²) in [5.74, 6) is 0.649. The van der Waals surface area contributed by atoms with Crippen molar-refractivity contribution in [3.05, 3.63) is 51.1 Å². The summed E-state index contributed by atoms with van der Waals surface area (Å²) in [4.78, 5) is 23.6. The van der Waals surface area contributed by atoms with Crippen LogP contribution in [-0.4, -0.2) is 39.1 Å². The van der Waals surface area contributed by atoms with Crippen LogP contribution in [-0.2, 0) is 0 Å². The normalized spacial score (nSPS) is 15.3. The topological polar surface area (TPSA) is 97.1 Å². The highest BCUT2D eigenvalue weighted by atomic mass is 16.6. The third-order valence-electron chi connectivity index (χ3n) is 4.73. The van der Waals surface area contributed by atoms with Gasteiger partial charge in [-0.1, -0.05) is 6.07 Å². The molecule has 0 heterocycles. The second-order valence-electron chi connectivity index (χ2n) is 5.97. The number of nitro groups is 1. The van der Waals surface area contributed by atoms with Crippen molar-refractivity contribution in [3.63, 3.8) is 0 Å². The third-order valence-corrected chi connectivity index (χ3v) is 4.73. The summed E-state index contributed by atoms with van der Waals surface area (Å²) < 4.78 is 21.1. The van der Waals surface area contributed by atoms with Gasteiger partial charge in [-0.3, -0.25) is 14.9 Å². The lowest BCUT2D eigenvalue weighted by Crippen LogP contribution is -2.05. The van der Waals surface area contributed by atoms with Crippen LogP contribution in [0.25, 0.3) is 0 Å². The highest BCUT2D eigenvalue weighted by molar-refractivity contribution is 6.02. The van der Waals surface area contributed by atoms with Gasteiger partial charge in [0.1, 0.15) is 0 Å². The maximum Gasteiger partial charge on any atom is 0.352 e. The Labute approximate surface area is 155 Å². The van der Waals surface area contributed by atoms with Crippen LogP contribution in [0.4, 0.5) is 5.69 Å². The number of fused-ring (bicyclic) bond motifs is 1. The molecule has 142 valence electrons. The standard InChI is InChI=1S/C19H19NO7/c1-24-15-6-5-10(19(27-4)18(15)20(22)23)11-7-14(21)13-9-17(26-3)16(25-2)8-12(11)13/h5-6,8-9,11H,7H2,1-4H3. The van der Waals surface area contributed by atoms with Gasteiger partial charge in [-0.25, -0.2) is 0 Å². The second kappa shape index (κ2) is 7.14. The molecule has 0 aromatic heterocycles. The minimum atomic E-state index is -0.548. The fourth-order valence-corrected chi connectivity index (χ4v) is 3.50. The summed E-state index contributed by atoms with van der Waals surface area (Å²) in [5, 5.41) is 11.6. The Bertz CT molecular complexity index is 923. The number of ether oxygens (including phenoxy) is 4. The fourth-order valence-electron chi connectivity index (χ4n) is 3.50. The van der Waals surface area contributed by atoms with E-state index < -0.39 is 10.8 Å². The number of carbonyl (C=O) groups excluding carboxylic acids is 1. The number of benzene rings is 2. The van der Waals surface area contributed by atoms with Crippen LogP contribution >= 0.6 is 0 Å². The zero-order valence-electron chi connectivity index (χ0n) is 15.4. The highest BCUT2D eigenvalue weighted by Crippen LogP contribution is 2.49. The molecule has 0 aliphatic heterocycles. The molecule has 3 rings (SSSR count). The monoisotopic (exact) mass is 373 g/mol. The quantitative estimate of drug-likeness (QED) is 0.566. The summed E-state index contributed by atoms with van der Waals surface area (Å²) >= 11 is 0.